The topological polar surface area (TPSA) is 0 Å². The van der Waals surface area contributed by atoms with Crippen LogP contribution in [0, 0.1) is 40.7 Å². The van der Waals surface area contributed by atoms with Gasteiger partial charge in [0, 0.05) is 0 Å². The second-order valence-corrected chi connectivity index (χ2v) is 6.71. The van der Waals surface area contributed by atoms with Crippen molar-refractivity contribution >= 4 is 73.7 Å². The van der Waals surface area contributed by atoms with Gasteiger partial charge < -0.3 is 0 Å². The molecular weight excluding hydrogens is 386 g/mol. The Morgan fingerprint density at radius 3 is 1.22 bits per heavy atom. The summed E-state index contributed by atoms with van der Waals surface area (Å²) in [5.41, 5.74) is 0. The van der Waals surface area contributed by atoms with Gasteiger partial charge in [0.25, 0.3) is 0 Å². The fourth-order valence-electron chi connectivity index (χ4n) is 1.60. The summed E-state index contributed by atoms with van der Waals surface area (Å²) in [6, 6.07) is 0. The van der Waals surface area contributed by atoms with E-state index in [0.29, 0.717) is 0 Å². The van der Waals surface area contributed by atoms with E-state index in [-0.39, 0.29) is 0 Å². The van der Waals surface area contributed by atoms with E-state index in [4.69, 9.17) is 0 Å². The molecule has 0 aliphatic heterocycles. The van der Waals surface area contributed by atoms with Crippen molar-refractivity contribution < 1.29 is 30.7 Å². The molecule has 18 heavy (non-hydrogen) atoms. The van der Waals surface area contributed by atoms with Gasteiger partial charge in [-0.15, -0.1) is 0 Å². The molecule has 2 aromatic rings. The van der Waals surface area contributed by atoms with Crippen molar-refractivity contribution in [3.8, 4) is 0 Å². The Morgan fingerprint density at radius 2 is 0.778 bits per heavy atom. The van der Waals surface area contributed by atoms with Crippen LogP contribution >= 0.6 is 0 Å². The summed E-state index contributed by atoms with van der Waals surface area (Å²) in [6.45, 7) is 0. The van der Waals surface area contributed by atoms with Gasteiger partial charge in [-0.2, -0.15) is 0 Å². The van der Waals surface area contributed by atoms with Gasteiger partial charge in [-0.25, -0.2) is 0 Å². The van der Waals surface area contributed by atoms with Crippen molar-refractivity contribution in [3.05, 3.63) is 40.7 Å². The van der Waals surface area contributed by atoms with E-state index >= 15 is 0 Å². The molecule has 0 aliphatic rings. The molecule has 0 unspecified atom stereocenters. The molecule has 0 saturated heterocycles. The third-order valence-electron chi connectivity index (χ3n) is 2.56. The summed E-state index contributed by atoms with van der Waals surface area (Å²) in [5.74, 6) is -14.0. The molecule has 0 heterocycles. The van der Waals surface area contributed by atoms with Crippen molar-refractivity contribution in [2.24, 2.45) is 0 Å². The molecule has 8 heteroatoms. The van der Waals surface area contributed by atoms with Gasteiger partial charge in [0.2, 0.25) is 0 Å². The Hall–Kier alpha value is 0.262. The Kier molecular flexibility index (Phi) is 4.06. The third kappa shape index (κ3) is 1.93. The predicted molar refractivity (Wildman–Crippen MR) is 49.0 cm³/mol. The van der Waals surface area contributed by atoms with Crippen LogP contribution < -0.4 is -3.01 Å². The second-order valence-electron chi connectivity index (χ2n) is 3.57. The van der Waals surface area contributed by atoms with Crippen LogP contribution in [0.4, 0.5) is 30.7 Å². The Balaban J connectivity index is 3.22. The Morgan fingerprint density at radius 1 is 0.444 bits per heavy atom. The fraction of sp³-hybridized carbons (Fsp3) is 0. The normalized spacial score (nSPS) is 11.4. The molecule has 90 valence electrons. The summed E-state index contributed by atoms with van der Waals surface area (Å²) in [5, 5.41) is -2.96. The zero-order valence-electron chi connectivity index (χ0n) is 8.65. The zero-order chi connectivity index (χ0) is 13.8. The van der Waals surface area contributed by atoms with Crippen molar-refractivity contribution in [2.75, 3.05) is 0 Å². The van der Waals surface area contributed by atoms with Crippen LogP contribution in [0.2, 0.25) is 0 Å². The average molecular weight is 386 g/mol. The standard InChI is InChI=1S/C10F7.Cs/c11-2-1-3(12)6(13)5-4(2)7(14)9(16)10(17)8(5)15;. The molecule has 0 bridgehead atoms. The molecule has 2 aromatic carbocycles. The molecule has 0 spiro atoms. The first kappa shape index (κ1) is 14.7. The van der Waals surface area contributed by atoms with Gasteiger partial charge in [-0.05, 0) is 0 Å². The first-order chi connectivity index (χ1) is 8.29. The number of halogens is 7. The van der Waals surface area contributed by atoms with Gasteiger partial charge in [0.1, 0.15) is 0 Å². The van der Waals surface area contributed by atoms with Crippen LogP contribution in [-0.4, -0.2) is 65.9 Å². The number of fused-ring (bicyclic) bond motifs is 1. The molecule has 0 amide bonds. The maximum absolute atomic E-state index is 13.5. The van der Waals surface area contributed by atoms with Crippen LogP contribution in [0.1, 0.15) is 0 Å². The van der Waals surface area contributed by atoms with E-state index in [1.165, 1.54) is 0 Å². The predicted octanol–water partition coefficient (Wildman–Crippen LogP) is 2.61. The van der Waals surface area contributed by atoms with Crippen LogP contribution in [0.15, 0.2) is 0 Å². The van der Waals surface area contributed by atoms with E-state index in [9.17, 15) is 30.7 Å². The van der Waals surface area contributed by atoms with Crippen LogP contribution in [0.3, 0.4) is 0 Å². The quantitative estimate of drug-likeness (QED) is 0.371. The fourth-order valence-corrected chi connectivity index (χ4v) is 3.08. The summed E-state index contributed by atoms with van der Waals surface area (Å²) in [6.07, 6.45) is 0. The van der Waals surface area contributed by atoms with Crippen molar-refractivity contribution in [3.63, 3.8) is 0 Å². The number of rotatable bonds is 0. The average Bonchev–Trinajstić information content (AvgIpc) is 2.35. The first-order valence-electron chi connectivity index (χ1n) is 4.57. The van der Waals surface area contributed by atoms with E-state index in [2.05, 4.69) is 0 Å². The SMILES string of the molecule is Fc1c(F)c(F)c2c(F)[c]([Cs])c(F)c(F)c2c1F. The van der Waals surface area contributed by atoms with E-state index in [0.717, 1.165) is 0 Å². The van der Waals surface area contributed by atoms with Crippen LogP contribution in [0.25, 0.3) is 10.8 Å². The number of benzene rings is 2. The zero-order valence-corrected chi connectivity index (χ0v) is 14.9. The Labute approximate surface area is 143 Å². The van der Waals surface area contributed by atoms with E-state index in [1.807, 2.05) is 0 Å². The molecule has 0 atom stereocenters. The molecule has 0 N–H and O–H groups in total. The van der Waals surface area contributed by atoms with Gasteiger partial charge in [0.15, 0.2) is 0 Å². The molecule has 0 nitrogen and oxygen atoms in total. The monoisotopic (exact) mass is 386 g/mol. The summed E-state index contributed by atoms with van der Waals surface area (Å²) >= 11 is -1.02. The van der Waals surface area contributed by atoms with Crippen molar-refractivity contribution in [1.82, 2.24) is 0 Å². The van der Waals surface area contributed by atoms with Gasteiger partial charge in [0.05, 0.1) is 0 Å². The maximum atomic E-state index is 13.5. The van der Waals surface area contributed by atoms with Gasteiger partial charge >= 0.3 is 145 Å². The summed E-state index contributed by atoms with van der Waals surface area (Å²) < 4.78 is 91.8. The molecule has 0 fully saturated rings. The minimum absolute atomic E-state index is 0.732. The molecule has 0 radical (unpaired) electrons. The summed E-state index contributed by atoms with van der Waals surface area (Å²) in [4.78, 5) is 0. The van der Waals surface area contributed by atoms with E-state index < -0.39 is 114 Å². The molecule has 2 rings (SSSR count). The number of hydrogen-bond donors (Lipinski definition) is 0. The summed E-state index contributed by atoms with van der Waals surface area (Å²) in [7, 11) is 0. The molecular formula is C10CsF7. The van der Waals surface area contributed by atoms with Crippen LogP contribution in [-0.2, 0) is 0 Å². The van der Waals surface area contributed by atoms with Gasteiger partial charge in [-0.3, -0.25) is 0 Å². The number of hydrogen-bond acceptors (Lipinski definition) is 0. The minimum atomic E-state index is -2.31. The van der Waals surface area contributed by atoms with Crippen molar-refractivity contribution in [2.45, 2.75) is 0 Å². The third-order valence-corrected chi connectivity index (χ3v) is 5.31. The molecule has 0 aliphatic carbocycles. The Bertz CT molecular complexity index is 567. The van der Waals surface area contributed by atoms with Crippen LogP contribution in [0.5, 0.6) is 0 Å². The van der Waals surface area contributed by atoms with E-state index in [1.54, 1.807) is 0 Å². The second kappa shape index (κ2) is 4.98. The molecule has 0 aromatic heterocycles. The first-order valence-corrected chi connectivity index (χ1v) is 7.71. The van der Waals surface area contributed by atoms with Gasteiger partial charge in [-0.1, -0.05) is 0 Å². The molecule has 0 saturated carbocycles. The van der Waals surface area contributed by atoms with Crippen molar-refractivity contribution in [1.29, 1.82) is 0 Å².